The van der Waals surface area contributed by atoms with Crippen LogP contribution in [0.3, 0.4) is 0 Å². The molecule has 3 atom stereocenters. The first kappa shape index (κ1) is 28.5. The number of carbonyl (C=O) groups is 3. The molecule has 2 N–H and O–H groups in total. The molecule has 0 saturated carbocycles. The Morgan fingerprint density at radius 2 is 1.70 bits per heavy atom. The number of anilines is 1. The quantitative estimate of drug-likeness (QED) is 0.219. The van der Waals surface area contributed by atoms with Crippen LogP contribution in [0.1, 0.15) is 73.3 Å². The Morgan fingerprint density at radius 1 is 0.977 bits per heavy atom. The highest BCUT2D eigenvalue weighted by atomic mass is 16.5. The molecule has 4 amide bonds. The number of imide groups is 1. The van der Waals surface area contributed by atoms with Crippen LogP contribution in [0.15, 0.2) is 72.8 Å². The number of ether oxygens (including phenoxy) is 1. The Labute approximate surface area is 252 Å². The van der Waals surface area contributed by atoms with Gasteiger partial charge < -0.3 is 15.0 Å². The third kappa shape index (κ3) is 5.15. The molecule has 3 aromatic carbocycles. The molecule has 1 saturated heterocycles. The van der Waals surface area contributed by atoms with Crippen molar-refractivity contribution < 1.29 is 19.1 Å². The third-order valence-corrected chi connectivity index (χ3v) is 8.67. The molecule has 4 aromatic rings. The van der Waals surface area contributed by atoms with Gasteiger partial charge in [-0.3, -0.25) is 14.5 Å². The maximum absolute atomic E-state index is 14.3. The summed E-state index contributed by atoms with van der Waals surface area (Å²) in [6.07, 6.45) is 3.35. The van der Waals surface area contributed by atoms with Crippen LogP contribution in [0, 0.1) is 5.92 Å². The lowest BCUT2D eigenvalue weighted by molar-refractivity contribution is -0.120. The van der Waals surface area contributed by atoms with Crippen molar-refractivity contribution in [3.8, 4) is 5.75 Å². The Morgan fingerprint density at radius 3 is 2.44 bits per heavy atom. The van der Waals surface area contributed by atoms with E-state index in [0.29, 0.717) is 29.3 Å². The summed E-state index contributed by atoms with van der Waals surface area (Å²) in [6, 6.07) is 20.8. The van der Waals surface area contributed by atoms with Gasteiger partial charge in [0.15, 0.2) is 0 Å². The van der Waals surface area contributed by atoms with Crippen LogP contribution < -0.4 is 15.0 Å². The van der Waals surface area contributed by atoms with E-state index in [1.807, 2.05) is 55.5 Å². The Bertz CT molecular complexity index is 1670. The largest absolute Gasteiger partial charge is 0.497 e. The molecule has 8 heteroatoms. The lowest BCUT2D eigenvalue weighted by Gasteiger charge is -2.36. The molecule has 0 radical (unpaired) electrons. The van der Waals surface area contributed by atoms with Gasteiger partial charge >= 0.3 is 6.03 Å². The number of aromatic nitrogens is 1. The Balaban J connectivity index is 1.36. The van der Waals surface area contributed by atoms with E-state index in [2.05, 4.69) is 24.1 Å². The summed E-state index contributed by atoms with van der Waals surface area (Å²) in [4.78, 5) is 48.5. The maximum Gasteiger partial charge on any atom is 0.332 e. The van der Waals surface area contributed by atoms with E-state index in [0.717, 1.165) is 47.0 Å². The van der Waals surface area contributed by atoms with E-state index in [-0.39, 0.29) is 17.9 Å². The highest BCUT2D eigenvalue weighted by Gasteiger charge is 2.53. The van der Waals surface area contributed by atoms with Gasteiger partial charge in [0.25, 0.3) is 11.8 Å². The summed E-state index contributed by atoms with van der Waals surface area (Å²) < 4.78 is 5.38. The number of amides is 4. The summed E-state index contributed by atoms with van der Waals surface area (Å²) in [7, 11) is 1.61. The number of nitrogens with zero attached hydrogens (tertiary/aromatic N) is 2. The van der Waals surface area contributed by atoms with E-state index < -0.39 is 18.1 Å². The van der Waals surface area contributed by atoms with Gasteiger partial charge in [0.05, 0.1) is 18.4 Å². The number of methoxy groups -OCH3 is 1. The zero-order valence-electron chi connectivity index (χ0n) is 25.1. The number of hydrogen-bond donors (Lipinski definition) is 2. The highest BCUT2D eigenvalue weighted by Crippen LogP contribution is 2.45. The second-order valence-electron chi connectivity index (χ2n) is 12.0. The Kier molecular flexibility index (Phi) is 7.69. The summed E-state index contributed by atoms with van der Waals surface area (Å²) in [5.74, 6) is 0.693. The smallest absolute Gasteiger partial charge is 0.332 e. The number of para-hydroxylation sites is 2. The molecule has 0 bridgehead atoms. The lowest BCUT2D eigenvalue weighted by atomic mass is 9.89. The number of benzene rings is 3. The zero-order chi connectivity index (χ0) is 30.2. The van der Waals surface area contributed by atoms with Gasteiger partial charge in [0, 0.05) is 29.1 Å². The first-order valence-corrected chi connectivity index (χ1v) is 15.1. The summed E-state index contributed by atoms with van der Waals surface area (Å²) in [6.45, 7) is 6.37. The fraction of sp³-hybridized carbons (Fsp3) is 0.343. The summed E-state index contributed by atoms with van der Waals surface area (Å²) in [5.41, 5.74) is 4.37. The normalized spacial score (nSPS) is 18.6. The number of rotatable bonds is 9. The van der Waals surface area contributed by atoms with Gasteiger partial charge in [-0.1, -0.05) is 69.2 Å². The van der Waals surface area contributed by atoms with Crippen LogP contribution in [-0.4, -0.2) is 46.9 Å². The molecule has 43 heavy (non-hydrogen) atoms. The minimum absolute atomic E-state index is 0.0339. The van der Waals surface area contributed by atoms with Gasteiger partial charge in [-0.25, -0.2) is 9.69 Å². The average molecular weight is 579 g/mol. The zero-order valence-corrected chi connectivity index (χ0v) is 25.1. The van der Waals surface area contributed by atoms with E-state index in [4.69, 9.17) is 4.74 Å². The number of nitrogens with one attached hydrogen (secondary N) is 2. The topological polar surface area (TPSA) is 94.7 Å². The molecule has 6 rings (SSSR count). The van der Waals surface area contributed by atoms with Crippen LogP contribution >= 0.6 is 0 Å². The SMILES string of the molecule is COc1ccc(C2c3[nH]c4ccccc4c3C[C@H]3C(=O)N(c4ccccc4C(=O)NC(C)CCCC(C)C)C(=O)N23)cc1. The van der Waals surface area contributed by atoms with Gasteiger partial charge in [-0.15, -0.1) is 0 Å². The van der Waals surface area contributed by atoms with E-state index in [1.54, 1.807) is 36.3 Å². The van der Waals surface area contributed by atoms with E-state index in [9.17, 15) is 14.4 Å². The van der Waals surface area contributed by atoms with Gasteiger partial charge in [-0.2, -0.15) is 0 Å². The molecule has 8 nitrogen and oxygen atoms in total. The van der Waals surface area contributed by atoms with Crippen LogP contribution in [0.4, 0.5) is 10.5 Å². The molecule has 3 heterocycles. The second kappa shape index (κ2) is 11.6. The van der Waals surface area contributed by atoms with Crippen LogP contribution in [0.2, 0.25) is 0 Å². The molecule has 2 aliphatic rings. The molecule has 1 fully saturated rings. The van der Waals surface area contributed by atoms with Gasteiger partial charge in [0.2, 0.25) is 0 Å². The van der Waals surface area contributed by atoms with E-state index in [1.165, 1.54) is 4.90 Å². The van der Waals surface area contributed by atoms with Crippen molar-refractivity contribution in [2.24, 2.45) is 5.92 Å². The number of aromatic amines is 1. The van der Waals surface area contributed by atoms with Crippen molar-refractivity contribution in [2.45, 2.75) is 64.6 Å². The van der Waals surface area contributed by atoms with Crippen LogP contribution in [0.5, 0.6) is 5.75 Å². The van der Waals surface area contributed by atoms with Crippen molar-refractivity contribution in [3.05, 3.63) is 95.2 Å². The van der Waals surface area contributed by atoms with Crippen molar-refractivity contribution in [1.29, 1.82) is 0 Å². The molecule has 222 valence electrons. The molecule has 2 unspecified atom stereocenters. The number of H-pyrrole nitrogens is 1. The Hall–Kier alpha value is -4.59. The van der Waals surface area contributed by atoms with Crippen molar-refractivity contribution in [1.82, 2.24) is 15.2 Å². The molecule has 0 aliphatic carbocycles. The first-order valence-electron chi connectivity index (χ1n) is 15.1. The highest BCUT2D eigenvalue weighted by molar-refractivity contribution is 6.24. The monoisotopic (exact) mass is 578 g/mol. The maximum atomic E-state index is 14.3. The van der Waals surface area contributed by atoms with Gasteiger partial charge in [-0.05, 0) is 60.7 Å². The number of carbonyl (C=O) groups excluding carboxylic acids is 3. The lowest BCUT2D eigenvalue weighted by Crippen LogP contribution is -2.44. The van der Waals surface area contributed by atoms with Crippen LogP contribution in [0.25, 0.3) is 10.9 Å². The number of fused-ring (bicyclic) bond motifs is 4. The minimum atomic E-state index is -0.711. The minimum Gasteiger partial charge on any atom is -0.497 e. The molecule has 0 spiro atoms. The predicted octanol–water partition coefficient (Wildman–Crippen LogP) is 6.60. The molecule has 1 aromatic heterocycles. The number of urea groups is 1. The fourth-order valence-corrected chi connectivity index (χ4v) is 6.50. The van der Waals surface area contributed by atoms with Crippen molar-refractivity contribution in [2.75, 3.05) is 12.0 Å². The van der Waals surface area contributed by atoms with E-state index >= 15 is 0 Å². The summed E-state index contributed by atoms with van der Waals surface area (Å²) >= 11 is 0. The summed E-state index contributed by atoms with van der Waals surface area (Å²) in [5, 5.41) is 4.13. The second-order valence-corrected chi connectivity index (χ2v) is 12.0. The fourth-order valence-electron chi connectivity index (χ4n) is 6.50. The van der Waals surface area contributed by atoms with Crippen molar-refractivity contribution in [3.63, 3.8) is 0 Å². The average Bonchev–Trinajstić information content (AvgIpc) is 3.50. The predicted molar refractivity (Wildman–Crippen MR) is 167 cm³/mol. The first-order chi connectivity index (χ1) is 20.8. The molecular formula is C35H38N4O4. The molecular weight excluding hydrogens is 540 g/mol. The third-order valence-electron chi connectivity index (χ3n) is 8.67. The standard InChI is InChI=1S/C35H38N4O4/c1-21(2)10-9-11-22(3)36-33(40)26-13-6-8-15-29(26)39-34(41)30-20-27-25-12-5-7-14-28(25)37-31(27)32(38(30)35(39)42)23-16-18-24(43-4)19-17-23/h5-8,12-19,21-22,30,32,37H,9-11,20H2,1-4H3,(H,36,40)/t22?,30-,32?/m0/s1. The van der Waals surface area contributed by atoms with Gasteiger partial charge in [0.1, 0.15) is 17.8 Å². The number of hydrogen-bond acceptors (Lipinski definition) is 4. The molecule has 2 aliphatic heterocycles. The van der Waals surface area contributed by atoms with Crippen LogP contribution in [-0.2, 0) is 11.2 Å². The van der Waals surface area contributed by atoms with Crippen molar-refractivity contribution >= 4 is 34.4 Å².